The van der Waals surface area contributed by atoms with Crippen molar-refractivity contribution in [3.05, 3.63) is 24.4 Å². The van der Waals surface area contributed by atoms with E-state index >= 15 is 0 Å². The van der Waals surface area contributed by atoms with E-state index in [2.05, 4.69) is 20.5 Å². The van der Waals surface area contributed by atoms with Crippen molar-refractivity contribution in [3.8, 4) is 0 Å². The third kappa shape index (κ3) is 1.48. The molecule has 1 unspecified atom stereocenters. The first-order valence-corrected chi connectivity index (χ1v) is 5.33. The highest BCUT2D eigenvalue weighted by Gasteiger charge is 2.19. The van der Waals surface area contributed by atoms with Gasteiger partial charge in [0, 0.05) is 12.4 Å². The van der Waals surface area contributed by atoms with E-state index in [0.717, 1.165) is 24.4 Å². The fourth-order valence-corrected chi connectivity index (χ4v) is 2.08. The van der Waals surface area contributed by atoms with E-state index in [0.29, 0.717) is 6.04 Å². The first-order chi connectivity index (χ1) is 7.45. The summed E-state index contributed by atoms with van der Waals surface area (Å²) in [5, 5.41) is 11.8. The Balaban J connectivity index is 2.02. The fourth-order valence-electron chi connectivity index (χ4n) is 2.08. The van der Waals surface area contributed by atoms with Crippen molar-refractivity contribution >= 4 is 5.65 Å². The highest BCUT2D eigenvalue weighted by Crippen LogP contribution is 2.21. The Morgan fingerprint density at radius 2 is 2.33 bits per heavy atom. The molecule has 1 atom stereocenters. The van der Waals surface area contributed by atoms with Crippen LogP contribution in [0.4, 0.5) is 0 Å². The zero-order valence-corrected chi connectivity index (χ0v) is 8.43. The molecule has 1 N–H and O–H groups in total. The molecule has 5 nitrogen and oxygen atoms in total. The predicted octanol–water partition coefficient (Wildman–Crippen LogP) is 0.939. The number of hydrogen-bond donors (Lipinski definition) is 1. The maximum Gasteiger partial charge on any atom is 0.179 e. The minimum atomic E-state index is 0.344. The van der Waals surface area contributed by atoms with Gasteiger partial charge in [0.25, 0.3) is 0 Å². The molecule has 3 heterocycles. The lowest BCUT2D eigenvalue weighted by Gasteiger charge is -2.21. The third-order valence-electron chi connectivity index (χ3n) is 2.86. The van der Waals surface area contributed by atoms with Crippen LogP contribution in [0.15, 0.2) is 18.6 Å². The molecule has 0 bridgehead atoms. The summed E-state index contributed by atoms with van der Waals surface area (Å²) in [6, 6.07) is 0.344. The van der Waals surface area contributed by atoms with E-state index in [1.54, 1.807) is 12.4 Å². The largest absolute Gasteiger partial charge is 0.307 e. The normalized spacial score (nSPS) is 22.0. The van der Waals surface area contributed by atoms with E-state index in [4.69, 9.17) is 0 Å². The van der Waals surface area contributed by atoms with Gasteiger partial charge >= 0.3 is 0 Å². The maximum absolute atomic E-state index is 4.23. The second-order valence-corrected chi connectivity index (χ2v) is 3.87. The summed E-state index contributed by atoms with van der Waals surface area (Å²) in [6.45, 7) is 1.07. The van der Waals surface area contributed by atoms with Gasteiger partial charge in [0.1, 0.15) is 0 Å². The van der Waals surface area contributed by atoms with Crippen LogP contribution in [0.1, 0.15) is 31.1 Å². The van der Waals surface area contributed by atoms with E-state index in [1.807, 2.05) is 10.6 Å². The molecule has 0 aromatic carbocycles. The second kappa shape index (κ2) is 3.58. The zero-order valence-electron chi connectivity index (χ0n) is 8.43. The molecule has 1 saturated heterocycles. The van der Waals surface area contributed by atoms with Gasteiger partial charge in [-0.25, -0.2) is 0 Å². The summed E-state index contributed by atoms with van der Waals surface area (Å²) in [6.07, 6.45) is 9.08. The summed E-state index contributed by atoms with van der Waals surface area (Å²) in [5.74, 6) is 1.01. The standard InChI is InChI=1S/C10H13N5/c1-2-4-12-8(3-1)10-14-13-9-7-11-5-6-15(9)10/h5-8,12H,1-4H2. The van der Waals surface area contributed by atoms with Gasteiger partial charge in [-0.3, -0.25) is 9.38 Å². The van der Waals surface area contributed by atoms with Gasteiger partial charge in [-0.2, -0.15) is 0 Å². The number of fused-ring (bicyclic) bond motifs is 1. The maximum atomic E-state index is 4.23. The van der Waals surface area contributed by atoms with Crippen LogP contribution in [0.25, 0.3) is 5.65 Å². The van der Waals surface area contributed by atoms with E-state index in [9.17, 15) is 0 Å². The Morgan fingerprint density at radius 1 is 1.33 bits per heavy atom. The lowest BCUT2D eigenvalue weighted by Crippen LogP contribution is -2.28. The average molecular weight is 203 g/mol. The predicted molar refractivity (Wildman–Crippen MR) is 55.4 cm³/mol. The molecule has 2 aromatic heterocycles. The summed E-state index contributed by atoms with van der Waals surface area (Å²) in [7, 11) is 0. The third-order valence-corrected chi connectivity index (χ3v) is 2.86. The molecule has 0 aliphatic carbocycles. The highest BCUT2D eigenvalue weighted by molar-refractivity contribution is 5.34. The first-order valence-electron chi connectivity index (χ1n) is 5.33. The van der Waals surface area contributed by atoms with Gasteiger partial charge in [0.05, 0.1) is 12.2 Å². The lowest BCUT2D eigenvalue weighted by molar-refractivity contribution is 0.395. The molecule has 1 fully saturated rings. The summed E-state index contributed by atoms with van der Waals surface area (Å²) in [5.41, 5.74) is 0.819. The Kier molecular flexibility index (Phi) is 2.10. The Bertz CT molecular complexity index is 458. The number of hydrogen-bond acceptors (Lipinski definition) is 4. The van der Waals surface area contributed by atoms with Gasteiger partial charge in [-0.15, -0.1) is 10.2 Å². The van der Waals surface area contributed by atoms with Crippen molar-refractivity contribution in [3.63, 3.8) is 0 Å². The van der Waals surface area contributed by atoms with E-state index < -0.39 is 0 Å². The molecule has 5 heteroatoms. The van der Waals surface area contributed by atoms with Crippen molar-refractivity contribution < 1.29 is 0 Å². The van der Waals surface area contributed by atoms with Crippen molar-refractivity contribution in [2.75, 3.05) is 6.54 Å². The summed E-state index contributed by atoms with van der Waals surface area (Å²) >= 11 is 0. The van der Waals surface area contributed by atoms with Crippen LogP contribution >= 0.6 is 0 Å². The molecule has 15 heavy (non-hydrogen) atoms. The summed E-state index contributed by atoms with van der Waals surface area (Å²) < 4.78 is 2.01. The summed E-state index contributed by atoms with van der Waals surface area (Å²) in [4.78, 5) is 4.03. The fraction of sp³-hybridized carbons (Fsp3) is 0.500. The van der Waals surface area contributed by atoms with E-state index in [1.165, 1.54) is 12.8 Å². The topological polar surface area (TPSA) is 55.1 Å². The molecule has 0 radical (unpaired) electrons. The van der Waals surface area contributed by atoms with Crippen LogP contribution < -0.4 is 5.32 Å². The molecule has 1 aliphatic rings. The van der Waals surface area contributed by atoms with Crippen molar-refractivity contribution in [1.29, 1.82) is 0 Å². The minimum Gasteiger partial charge on any atom is -0.307 e. The average Bonchev–Trinajstić information content (AvgIpc) is 2.74. The van der Waals surface area contributed by atoms with Gasteiger partial charge < -0.3 is 5.32 Å². The second-order valence-electron chi connectivity index (χ2n) is 3.87. The Labute approximate surface area is 87.5 Å². The first kappa shape index (κ1) is 8.79. The number of nitrogens with zero attached hydrogens (tertiary/aromatic N) is 4. The number of rotatable bonds is 1. The van der Waals surface area contributed by atoms with Gasteiger partial charge in [0.15, 0.2) is 11.5 Å². The molecule has 1 aliphatic heterocycles. The SMILES string of the molecule is c1cn2c(C3CCCCN3)nnc2cn1. The number of aromatic nitrogens is 4. The molecular weight excluding hydrogens is 190 g/mol. The zero-order chi connectivity index (χ0) is 10.1. The van der Waals surface area contributed by atoms with Crippen LogP contribution in [0.3, 0.4) is 0 Å². The monoisotopic (exact) mass is 203 g/mol. The van der Waals surface area contributed by atoms with Gasteiger partial charge in [-0.1, -0.05) is 6.42 Å². The lowest BCUT2D eigenvalue weighted by atomic mass is 10.0. The quantitative estimate of drug-likeness (QED) is 0.749. The Morgan fingerprint density at radius 3 is 3.20 bits per heavy atom. The molecule has 3 rings (SSSR count). The minimum absolute atomic E-state index is 0.344. The van der Waals surface area contributed by atoms with Crippen molar-refractivity contribution in [2.45, 2.75) is 25.3 Å². The molecular formula is C10H13N5. The van der Waals surface area contributed by atoms with Gasteiger partial charge in [0.2, 0.25) is 0 Å². The molecule has 0 saturated carbocycles. The van der Waals surface area contributed by atoms with Crippen LogP contribution in [0.5, 0.6) is 0 Å². The van der Waals surface area contributed by atoms with Crippen LogP contribution in [-0.2, 0) is 0 Å². The highest BCUT2D eigenvalue weighted by atomic mass is 15.3. The molecule has 78 valence electrons. The van der Waals surface area contributed by atoms with Crippen molar-refractivity contribution in [2.24, 2.45) is 0 Å². The van der Waals surface area contributed by atoms with Gasteiger partial charge in [-0.05, 0) is 19.4 Å². The van der Waals surface area contributed by atoms with Crippen LogP contribution in [0, 0.1) is 0 Å². The van der Waals surface area contributed by atoms with Crippen LogP contribution in [-0.4, -0.2) is 26.1 Å². The molecule has 0 amide bonds. The Hall–Kier alpha value is -1.49. The van der Waals surface area contributed by atoms with Crippen LogP contribution in [0.2, 0.25) is 0 Å². The smallest absolute Gasteiger partial charge is 0.179 e. The van der Waals surface area contributed by atoms with E-state index in [-0.39, 0.29) is 0 Å². The number of nitrogens with one attached hydrogen (secondary N) is 1. The molecule has 2 aromatic rings. The molecule has 0 spiro atoms. The number of piperidine rings is 1. The van der Waals surface area contributed by atoms with Crippen molar-refractivity contribution in [1.82, 2.24) is 24.9 Å².